The van der Waals surface area contributed by atoms with Gasteiger partial charge in [-0.05, 0) is 42.7 Å². The summed E-state index contributed by atoms with van der Waals surface area (Å²) >= 11 is 5.98. The Morgan fingerprint density at radius 2 is 1.68 bits per heavy atom. The number of halogens is 1. The van der Waals surface area contributed by atoms with Crippen molar-refractivity contribution in [1.82, 2.24) is 0 Å². The van der Waals surface area contributed by atoms with Crippen LogP contribution in [0.25, 0.3) is 0 Å². The summed E-state index contributed by atoms with van der Waals surface area (Å²) in [5.41, 5.74) is 2.81. The van der Waals surface area contributed by atoms with Crippen LogP contribution in [0.2, 0.25) is 5.02 Å². The minimum Gasteiger partial charge on any atom is -0.490 e. The molecule has 0 fully saturated rings. The normalized spacial score (nSPS) is 12.2. The minimum atomic E-state index is -0.629. The van der Waals surface area contributed by atoms with Crippen molar-refractivity contribution in [3.63, 3.8) is 0 Å². The number of aryl methyl sites for hydroxylation is 2. The number of aliphatic hydroxyl groups excluding tert-OH is 1. The highest BCUT2D eigenvalue weighted by Crippen LogP contribution is 2.28. The summed E-state index contributed by atoms with van der Waals surface area (Å²) in [5, 5.41) is 10.8. The molecule has 0 aromatic heterocycles. The van der Waals surface area contributed by atoms with Crippen molar-refractivity contribution >= 4 is 11.6 Å². The molecule has 2 rings (SSSR count). The first kappa shape index (κ1) is 13.9. The largest absolute Gasteiger partial charge is 0.490 e. The fourth-order valence-electron chi connectivity index (χ4n) is 2.06. The van der Waals surface area contributed by atoms with Gasteiger partial charge in [-0.2, -0.15) is 0 Å². The number of benzene rings is 2. The lowest BCUT2D eigenvalue weighted by molar-refractivity contribution is 0.107. The zero-order valence-corrected chi connectivity index (χ0v) is 11.8. The van der Waals surface area contributed by atoms with E-state index >= 15 is 0 Å². The minimum absolute atomic E-state index is 0.229. The van der Waals surface area contributed by atoms with Gasteiger partial charge in [-0.3, -0.25) is 0 Å². The molecule has 2 aromatic rings. The lowest BCUT2D eigenvalue weighted by atomic mass is 10.1. The Morgan fingerprint density at radius 3 is 2.26 bits per heavy atom. The van der Waals surface area contributed by atoms with E-state index in [-0.39, 0.29) is 6.61 Å². The molecule has 2 aromatic carbocycles. The smallest absolute Gasteiger partial charge is 0.125 e. The first-order chi connectivity index (χ1) is 9.08. The van der Waals surface area contributed by atoms with Crippen LogP contribution in [0.1, 0.15) is 22.8 Å². The van der Waals surface area contributed by atoms with Crippen molar-refractivity contribution in [2.75, 3.05) is 6.61 Å². The third kappa shape index (κ3) is 3.49. The second kappa shape index (κ2) is 6.09. The van der Waals surface area contributed by atoms with E-state index in [9.17, 15) is 5.11 Å². The molecule has 1 N–H and O–H groups in total. The van der Waals surface area contributed by atoms with Crippen LogP contribution in [-0.4, -0.2) is 11.7 Å². The number of hydrogen-bond acceptors (Lipinski definition) is 2. The summed E-state index contributed by atoms with van der Waals surface area (Å²) in [5.74, 6) is 0.791. The van der Waals surface area contributed by atoms with Crippen LogP contribution in [-0.2, 0) is 0 Å². The number of ether oxygens (including phenoxy) is 1. The molecule has 100 valence electrons. The third-order valence-electron chi connectivity index (χ3n) is 2.99. The predicted octanol–water partition coefficient (Wildman–Crippen LogP) is 4.07. The molecular weight excluding hydrogens is 260 g/mol. The fraction of sp³-hybridized carbons (Fsp3) is 0.250. The van der Waals surface area contributed by atoms with E-state index < -0.39 is 6.10 Å². The van der Waals surface area contributed by atoms with Gasteiger partial charge in [0.15, 0.2) is 0 Å². The topological polar surface area (TPSA) is 29.5 Å². The van der Waals surface area contributed by atoms with E-state index in [4.69, 9.17) is 16.3 Å². The Hall–Kier alpha value is -1.51. The van der Waals surface area contributed by atoms with Crippen LogP contribution in [0.3, 0.4) is 0 Å². The monoisotopic (exact) mass is 276 g/mol. The second-order valence-corrected chi connectivity index (χ2v) is 5.04. The van der Waals surface area contributed by atoms with Crippen molar-refractivity contribution in [3.8, 4) is 5.75 Å². The van der Waals surface area contributed by atoms with Crippen molar-refractivity contribution in [2.45, 2.75) is 20.0 Å². The average molecular weight is 277 g/mol. The van der Waals surface area contributed by atoms with Gasteiger partial charge >= 0.3 is 0 Å². The SMILES string of the molecule is Cc1cc(Cl)cc(C)c1OC[C@H](O)c1ccccc1. The fourth-order valence-corrected chi connectivity index (χ4v) is 2.39. The predicted molar refractivity (Wildman–Crippen MR) is 77.8 cm³/mol. The molecule has 2 nitrogen and oxygen atoms in total. The Morgan fingerprint density at radius 1 is 1.11 bits per heavy atom. The molecule has 19 heavy (non-hydrogen) atoms. The highest BCUT2D eigenvalue weighted by Gasteiger charge is 2.11. The first-order valence-corrected chi connectivity index (χ1v) is 6.58. The molecule has 0 saturated carbocycles. The maximum atomic E-state index is 10.1. The number of aliphatic hydroxyl groups is 1. The average Bonchev–Trinajstić information content (AvgIpc) is 2.38. The molecule has 0 aliphatic heterocycles. The summed E-state index contributed by atoms with van der Waals surface area (Å²) in [6.07, 6.45) is -0.629. The highest BCUT2D eigenvalue weighted by atomic mass is 35.5. The first-order valence-electron chi connectivity index (χ1n) is 6.20. The molecule has 0 amide bonds. The zero-order valence-electron chi connectivity index (χ0n) is 11.1. The summed E-state index contributed by atoms with van der Waals surface area (Å²) in [6, 6.07) is 13.2. The second-order valence-electron chi connectivity index (χ2n) is 4.61. The van der Waals surface area contributed by atoms with Crippen molar-refractivity contribution in [2.24, 2.45) is 0 Å². The van der Waals surface area contributed by atoms with E-state index in [2.05, 4.69) is 0 Å². The molecule has 0 bridgehead atoms. The molecule has 1 atom stereocenters. The quantitative estimate of drug-likeness (QED) is 0.912. The number of rotatable bonds is 4. The van der Waals surface area contributed by atoms with Gasteiger partial charge in [0.1, 0.15) is 18.5 Å². The van der Waals surface area contributed by atoms with Crippen molar-refractivity contribution in [3.05, 3.63) is 64.2 Å². The van der Waals surface area contributed by atoms with Gasteiger partial charge in [-0.1, -0.05) is 41.9 Å². The van der Waals surface area contributed by atoms with Gasteiger partial charge in [0.05, 0.1) is 0 Å². The Labute approximate surface area is 118 Å². The molecule has 0 saturated heterocycles. The highest BCUT2D eigenvalue weighted by molar-refractivity contribution is 6.30. The van der Waals surface area contributed by atoms with E-state index in [1.54, 1.807) is 0 Å². The van der Waals surface area contributed by atoms with Crippen LogP contribution >= 0.6 is 11.6 Å². The molecule has 0 aliphatic carbocycles. The van der Waals surface area contributed by atoms with Crippen molar-refractivity contribution in [1.29, 1.82) is 0 Å². The van der Waals surface area contributed by atoms with Crippen molar-refractivity contribution < 1.29 is 9.84 Å². The Bertz CT molecular complexity index is 529. The van der Waals surface area contributed by atoms with Crippen LogP contribution in [0.4, 0.5) is 0 Å². The molecule has 3 heteroatoms. The summed E-state index contributed by atoms with van der Waals surface area (Å²) in [4.78, 5) is 0. The van der Waals surface area contributed by atoms with E-state index in [0.29, 0.717) is 5.02 Å². The van der Waals surface area contributed by atoms with Gasteiger partial charge < -0.3 is 9.84 Å². The Balaban J connectivity index is 2.07. The summed E-state index contributed by atoms with van der Waals surface area (Å²) < 4.78 is 5.73. The van der Waals surface area contributed by atoms with Crippen LogP contribution in [0, 0.1) is 13.8 Å². The maximum absolute atomic E-state index is 10.1. The van der Waals surface area contributed by atoms with Gasteiger partial charge in [0, 0.05) is 5.02 Å². The number of hydrogen-bond donors (Lipinski definition) is 1. The molecule has 0 unspecified atom stereocenters. The van der Waals surface area contributed by atoms with Gasteiger partial charge in [-0.25, -0.2) is 0 Å². The van der Waals surface area contributed by atoms with Crippen LogP contribution in [0.15, 0.2) is 42.5 Å². The molecule has 0 spiro atoms. The molecular formula is C16H17ClO2. The van der Waals surface area contributed by atoms with E-state index in [0.717, 1.165) is 22.4 Å². The third-order valence-corrected chi connectivity index (χ3v) is 3.21. The summed E-state index contributed by atoms with van der Waals surface area (Å²) in [6.45, 7) is 4.12. The van der Waals surface area contributed by atoms with E-state index in [1.807, 2.05) is 56.3 Å². The standard InChI is InChI=1S/C16H17ClO2/c1-11-8-14(17)9-12(2)16(11)19-10-15(18)13-6-4-3-5-7-13/h3-9,15,18H,10H2,1-2H3/t15-/m0/s1. The lowest BCUT2D eigenvalue weighted by Crippen LogP contribution is -2.10. The molecule has 0 aliphatic rings. The Kier molecular flexibility index (Phi) is 4.46. The molecule has 0 radical (unpaired) electrons. The van der Waals surface area contributed by atoms with Crippen LogP contribution in [0.5, 0.6) is 5.75 Å². The van der Waals surface area contributed by atoms with E-state index in [1.165, 1.54) is 0 Å². The summed E-state index contributed by atoms with van der Waals surface area (Å²) in [7, 11) is 0. The maximum Gasteiger partial charge on any atom is 0.125 e. The van der Waals surface area contributed by atoms with Crippen LogP contribution < -0.4 is 4.74 Å². The zero-order chi connectivity index (χ0) is 13.8. The lowest BCUT2D eigenvalue weighted by Gasteiger charge is -2.16. The molecule has 0 heterocycles. The van der Waals surface area contributed by atoms with Gasteiger partial charge in [-0.15, -0.1) is 0 Å². The van der Waals surface area contributed by atoms with Gasteiger partial charge in [0.25, 0.3) is 0 Å². The van der Waals surface area contributed by atoms with Gasteiger partial charge in [0.2, 0.25) is 0 Å².